The fourth-order valence-electron chi connectivity index (χ4n) is 1.09. The van der Waals surface area contributed by atoms with Gasteiger partial charge in [0.05, 0.1) is 11.6 Å². The van der Waals surface area contributed by atoms with Crippen LogP contribution >= 0.6 is 0 Å². The van der Waals surface area contributed by atoms with Gasteiger partial charge in [-0.3, -0.25) is 0 Å². The van der Waals surface area contributed by atoms with Gasteiger partial charge in [-0.05, 0) is 33.2 Å². The molecule has 2 nitrogen and oxygen atoms in total. The predicted molar refractivity (Wildman–Crippen MR) is 56.4 cm³/mol. The average molecular weight is 183 g/mol. The Balaban J connectivity index is 3.57. The van der Waals surface area contributed by atoms with Gasteiger partial charge in [-0.15, -0.1) is 6.42 Å². The molecule has 0 bridgehead atoms. The first-order chi connectivity index (χ1) is 5.99. The number of nitrogens with one attached hydrogen (secondary N) is 1. The lowest BCUT2D eigenvalue weighted by molar-refractivity contribution is 0.0708. The van der Waals surface area contributed by atoms with Crippen LogP contribution in [0.2, 0.25) is 0 Å². The van der Waals surface area contributed by atoms with Gasteiger partial charge < -0.3 is 10.4 Å². The highest BCUT2D eigenvalue weighted by Gasteiger charge is 2.12. The van der Waals surface area contributed by atoms with Gasteiger partial charge in [-0.2, -0.15) is 0 Å². The molecule has 2 N–H and O–H groups in total. The highest BCUT2D eigenvalue weighted by molar-refractivity contribution is 4.98. The Hall–Kier alpha value is -0.520. The summed E-state index contributed by atoms with van der Waals surface area (Å²) in [6.07, 6.45) is 8.15. The molecule has 0 amide bonds. The van der Waals surface area contributed by atoms with E-state index in [1.54, 1.807) is 13.8 Å². The van der Waals surface area contributed by atoms with Crippen LogP contribution in [0.15, 0.2) is 0 Å². The number of aliphatic hydroxyl groups is 1. The van der Waals surface area contributed by atoms with E-state index in [2.05, 4.69) is 18.2 Å². The average Bonchev–Trinajstić information content (AvgIpc) is 2.01. The first-order valence-corrected chi connectivity index (χ1v) is 4.91. The first-order valence-electron chi connectivity index (χ1n) is 4.91. The summed E-state index contributed by atoms with van der Waals surface area (Å²) in [5.41, 5.74) is -0.599. The van der Waals surface area contributed by atoms with Gasteiger partial charge in [0, 0.05) is 0 Å². The summed E-state index contributed by atoms with van der Waals surface area (Å²) in [7, 11) is 0. The van der Waals surface area contributed by atoms with Crippen molar-refractivity contribution in [3.63, 3.8) is 0 Å². The minimum atomic E-state index is -0.599. The second kappa shape index (κ2) is 6.01. The van der Waals surface area contributed by atoms with Crippen molar-refractivity contribution in [2.24, 2.45) is 0 Å². The third-order valence-electron chi connectivity index (χ3n) is 1.91. The maximum absolute atomic E-state index is 9.44. The maximum Gasteiger partial charge on any atom is 0.0686 e. The van der Waals surface area contributed by atoms with Crippen LogP contribution in [0.3, 0.4) is 0 Å². The van der Waals surface area contributed by atoms with Crippen LogP contribution in [0.5, 0.6) is 0 Å². The molecule has 0 aliphatic heterocycles. The number of rotatable bonds is 6. The number of hydrogen-bond acceptors (Lipinski definition) is 2. The molecule has 0 rings (SSSR count). The summed E-state index contributed by atoms with van der Waals surface area (Å²) in [5, 5.41) is 12.7. The second-order valence-electron chi connectivity index (χ2n) is 4.02. The molecule has 1 atom stereocenters. The predicted octanol–water partition coefficient (Wildman–Crippen LogP) is 1.54. The normalized spacial score (nSPS) is 13.8. The lowest BCUT2D eigenvalue weighted by Crippen LogP contribution is -2.33. The van der Waals surface area contributed by atoms with Crippen molar-refractivity contribution in [2.45, 2.75) is 51.7 Å². The van der Waals surface area contributed by atoms with Crippen LogP contribution < -0.4 is 5.32 Å². The molecular weight excluding hydrogens is 162 g/mol. The second-order valence-corrected chi connectivity index (χ2v) is 4.02. The van der Waals surface area contributed by atoms with Crippen LogP contribution in [0.4, 0.5) is 0 Å². The Morgan fingerprint density at radius 3 is 2.54 bits per heavy atom. The summed E-state index contributed by atoms with van der Waals surface area (Å²) in [4.78, 5) is 0. The topological polar surface area (TPSA) is 32.3 Å². The number of terminal acetylenes is 1. The molecule has 0 aromatic rings. The third-order valence-corrected chi connectivity index (χ3v) is 1.91. The van der Waals surface area contributed by atoms with Crippen molar-refractivity contribution in [2.75, 3.05) is 6.54 Å². The Morgan fingerprint density at radius 1 is 1.54 bits per heavy atom. The van der Waals surface area contributed by atoms with Gasteiger partial charge in [0.15, 0.2) is 0 Å². The minimum absolute atomic E-state index is 0.160. The first kappa shape index (κ1) is 12.5. The zero-order valence-corrected chi connectivity index (χ0v) is 8.93. The molecule has 2 heteroatoms. The monoisotopic (exact) mass is 183 g/mol. The highest BCUT2D eigenvalue weighted by atomic mass is 16.3. The van der Waals surface area contributed by atoms with E-state index in [9.17, 15) is 5.11 Å². The molecule has 0 fully saturated rings. The lowest BCUT2D eigenvalue weighted by atomic mass is 10.1. The largest absolute Gasteiger partial charge is 0.390 e. The van der Waals surface area contributed by atoms with E-state index < -0.39 is 5.60 Å². The van der Waals surface area contributed by atoms with Crippen molar-refractivity contribution >= 4 is 0 Å². The van der Waals surface area contributed by atoms with Crippen molar-refractivity contribution in [1.82, 2.24) is 5.32 Å². The molecule has 0 saturated heterocycles. The van der Waals surface area contributed by atoms with Gasteiger partial charge in [-0.25, -0.2) is 0 Å². The summed E-state index contributed by atoms with van der Waals surface area (Å²) in [6, 6.07) is 0.160. The Bertz CT molecular complexity index is 164. The molecule has 0 heterocycles. The van der Waals surface area contributed by atoms with Crippen molar-refractivity contribution < 1.29 is 5.11 Å². The van der Waals surface area contributed by atoms with Gasteiger partial charge in [0.25, 0.3) is 0 Å². The standard InChI is InChI=1S/C11H21NO/c1-5-7-10(6-2)12-9-8-11(3,4)13/h2,10,12-13H,5,7-9H2,1,3-4H3. The molecule has 1 unspecified atom stereocenters. The van der Waals surface area contributed by atoms with Crippen LogP contribution in [0.25, 0.3) is 0 Å². The van der Waals surface area contributed by atoms with Crippen LogP contribution in [-0.4, -0.2) is 23.3 Å². The Morgan fingerprint density at radius 2 is 2.15 bits per heavy atom. The van der Waals surface area contributed by atoms with Gasteiger partial charge >= 0.3 is 0 Å². The molecule has 0 radical (unpaired) electrons. The Kier molecular flexibility index (Phi) is 5.77. The fraction of sp³-hybridized carbons (Fsp3) is 0.818. The van der Waals surface area contributed by atoms with Crippen LogP contribution in [0, 0.1) is 12.3 Å². The summed E-state index contributed by atoms with van der Waals surface area (Å²) in [5.74, 6) is 2.70. The van der Waals surface area contributed by atoms with E-state index in [4.69, 9.17) is 6.42 Å². The van der Waals surface area contributed by atoms with Gasteiger partial charge in [-0.1, -0.05) is 19.3 Å². The van der Waals surface area contributed by atoms with E-state index in [0.717, 1.165) is 25.8 Å². The van der Waals surface area contributed by atoms with Gasteiger partial charge in [0.2, 0.25) is 0 Å². The molecule has 0 saturated carbocycles. The van der Waals surface area contributed by atoms with E-state index in [0.29, 0.717) is 0 Å². The molecule has 0 aromatic heterocycles. The smallest absolute Gasteiger partial charge is 0.0686 e. The maximum atomic E-state index is 9.44. The fourth-order valence-corrected chi connectivity index (χ4v) is 1.09. The number of hydrogen-bond donors (Lipinski definition) is 2. The molecular formula is C11H21NO. The quantitative estimate of drug-likeness (QED) is 0.612. The lowest BCUT2D eigenvalue weighted by Gasteiger charge is -2.19. The van der Waals surface area contributed by atoms with E-state index in [1.807, 2.05) is 0 Å². The molecule has 0 spiro atoms. The third kappa shape index (κ3) is 7.83. The summed E-state index contributed by atoms with van der Waals surface area (Å²) < 4.78 is 0. The zero-order valence-electron chi connectivity index (χ0n) is 8.93. The minimum Gasteiger partial charge on any atom is -0.390 e. The van der Waals surface area contributed by atoms with Gasteiger partial charge in [0.1, 0.15) is 0 Å². The molecule has 76 valence electrons. The van der Waals surface area contributed by atoms with Crippen molar-refractivity contribution in [1.29, 1.82) is 0 Å². The highest BCUT2D eigenvalue weighted by Crippen LogP contribution is 2.05. The van der Waals surface area contributed by atoms with Crippen LogP contribution in [-0.2, 0) is 0 Å². The SMILES string of the molecule is C#CC(CCC)NCCC(C)(C)O. The molecule has 0 aliphatic rings. The van der Waals surface area contributed by atoms with Crippen molar-refractivity contribution in [3.05, 3.63) is 0 Å². The molecule has 0 aromatic carbocycles. The van der Waals surface area contributed by atoms with E-state index in [-0.39, 0.29) is 6.04 Å². The van der Waals surface area contributed by atoms with E-state index in [1.165, 1.54) is 0 Å². The van der Waals surface area contributed by atoms with E-state index >= 15 is 0 Å². The molecule has 13 heavy (non-hydrogen) atoms. The zero-order chi connectivity index (χ0) is 10.3. The van der Waals surface area contributed by atoms with Crippen molar-refractivity contribution in [3.8, 4) is 12.3 Å². The molecule has 0 aliphatic carbocycles. The summed E-state index contributed by atoms with van der Waals surface area (Å²) in [6.45, 7) is 6.50. The van der Waals surface area contributed by atoms with Crippen LogP contribution in [0.1, 0.15) is 40.0 Å². The Labute approximate surface area is 81.7 Å². The summed E-state index contributed by atoms with van der Waals surface area (Å²) >= 11 is 0.